The number of anilines is 1. The Hall–Kier alpha value is -1.86. The van der Waals surface area contributed by atoms with Crippen LogP contribution in [-0.4, -0.2) is 20.6 Å². The number of sulfone groups is 1. The van der Waals surface area contributed by atoms with Gasteiger partial charge in [-0.1, -0.05) is 6.07 Å². The van der Waals surface area contributed by atoms with Crippen LogP contribution >= 0.6 is 11.8 Å². The van der Waals surface area contributed by atoms with Crippen molar-refractivity contribution >= 4 is 33.0 Å². The third-order valence-corrected chi connectivity index (χ3v) is 5.38. The van der Waals surface area contributed by atoms with Crippen LogP contribution in [0.1, 0.15) is 5.56 Å². The van der Waals surface area contributed by atoms with E-state index in [9.17, 15) is 17.2 Å². The van der Waals surface area contributed by atoms with E-state index in [-0.39, 0.29) is 10.7 Å². The molecular formula is C16H13F2NO2S2. The summed E-state index contributed by atoms with van der Waals surface area (Å²) >= 11 is 1.53. The molecule has 1 aliphatic heterocycles. The van der Waals surface area contributed by atoms with E-state index in [0.717, 1.165) is 17.6 Å². The van der Waals surface area contributed by atoms with Crippen molar-refractivity contribution in [2.75, 3.05) is 17.0 Å². The van der Waals surface area contributed by atoms with Crippen LogP contribution in [0.2, 0.25) is 0 Å². The van der Waals surface area contributed by atoms with Gasteiger partial charge in [0.05, 0.1) is 11.6 Å². The highest BCUT2D eigenvalue weighted by Gasteiger charge is 2.21. The summed E-state index contributed by atoms with van der Waals surface area (Å²) in [6, 6.07) is 10.1. The lowest BCUT2D eigenvalue weighted by atomic mass is 10.1. The van der Waals surface area contributed by atoms with E-state index in [0.29, 0.717) is 11.4 Å². The van der Waals surface area contributed by atoms with Crippen molar-refractivity contribution in [3.05, 3.63) is 65.1 Å². The highest BCUT2D eigenvalue weighted by atomic mass is 32.2. The van der Waals surface area contributed by atoms with E-state index in [1.54, 1.807) is 18.2 Å². The second kappa shape index (κ2) is 5.98. The Kier molecular flexibility index (Phi) is 4.16. The van der Waals surface area contributed by atoms with Crippen LogP contribution in [0.15, 0.2) is 52.8 Å². The van der Waals surface area contributed by atoms with Gasteiger partial charge in [0.2, 0.25) is 0 Å². The van der Waals surface area contributed by atoms with Gasteiger partial charge in [-0.05, 0) is 41.8 Å². The first kappa shape index (κ1) is 16.0. The lowest BCUT2D eigenvalue weighted by Crippen LogP contribution is -2.17. The quantitative estimate of drug-likeness (QED) is 0.839. The van der Waals surface area contributed by atoms with E-state index < -0.39 is 15.7 Å². The Morgan fingerprint density at radius 2 is 1.78 bits per heavy atom. The Labute approximate surface area is 137 Å². The molecule has 0 bridgehead atoms. The molecule has 1 aliphatic rings. The lowest BCUT2D eigenvalue weighted by molar-refractivity contribution is 0.570. The second-order valence-corrected chi connectivity index (χ2v) is 7.93. The minimum absolute atomic E-state index is 0.319. The van der Waals surface area contributed by atoms with Crippen LogP contribution in [0.5, 0.6) is 0 Å². The Bertz CT molecular complexity index is 877. The number of hydrogen-bond acceptors (Lipinski definition) is 4. The van der Waals surface area contributed by atoms with Crippen LogP contribution in [-0.2, 0) is 9.84 Å². The summed E-state index contributed by atoms with van der Waals surface area (Å²) in [6.07, 6.45) is 0.973. The summed E-state index contributed by atoms with van der Waals surface area (Å²) < 4.78 is 50.2. The molecule has 2 aromatic carbocycles. The van der Waals surface area contributed by atoms with Crippen LogP contribution in [0.4, 0.5) is 14.5 Å². The zero-order valence-electron chi connectivity index (χ0n) is 12.2. The summed E-state index contributed by atoms with van der Waals surface area (Å²) in [4.78, 5) is 1.60. The van der Waals surface area contributed by atoms with Crippen molar-refractivity contribution in [3.8, 4) is 0 Å². The lowest BCUT2D eigenvalue weighted by Gasteiger charge is -2.22. The highest BCUT2D eigenvalue weighted by Crippen LogP contribution is 2.36. The molecular weight excluding hydrogens is 340 g/mol. The summed E-state index contributed by atoms with van der Waals surface area (Å²) in [6.45, 7) is 0. The highest BCUT2D eigenvalue weighted by molar-refractivity contribution is 8.02. The molecule has 3 nitrogen and oxygen atoms in total. The first-order chi connectivity index (χ1) is 10.9. The van der Waals surface area contributed by atoms with Gasteiger partial charge in [-0.2, -0.15) is 0 Å². The fraction of sp³-hybridized carbons (Fsp3) is 0.125. The molecule has 7 heteroatoms. The number of thioether (sulfide) groups is 1. The van der Waals surface area contributed by atoms with Crippen molar-refractivity contribution in [2.24, 2.45) is 0 Å². The molecule has 0 radical (unpaired) electrons. The molecule has 0 aliphatic carbocycles. The predicted molar refractivity (Wildman–Crippen MR) is 88.8 cm³/mol. The fourth-order valence-corrected chi connectivity index (χ4v) is 4.00. The summed E-state index contributed by atoms with van der Waals surface area (Å²) in [5.41, 5.74) is 2.11. The smallest absolute Gasteiger partial charge is 0.178 e. The molecule has 1 heterocycles. The zero-order valence-corrected chi connectivity index (χ0v) is 13.8. The van der Waals surface area contributed by atoms with Gasteiger partial charge in [-0.25, -0.2) is 17.2 Å². The average Bonchev–Trinajstić information content (AvgIpc) is 2.96. The van der Waals surface area contributed by atoms with Crippen LogP contribution in [0.3, 0.4) is 0 Å². The Morgan fingerprint density at radius 1 is 1.09 bits per heavy atom. The van der Waals surface area contributed by atoms with E-state index in [1.807, 2.05) is 10.3 Å². The maximum absolute atomic E-state index is 14.1. The SMILES string of the molecule is CS(=O)(=O)c1ccc(C2=CSCN2c2ccc(F)cc2)cc1F. The standard InChI is InChI=1S/C16H13F2NO2S2/c1-23(20,21)16-7-2-11(8-14(16)18)15-9-22-10-19(15)13-5-3-12(17)4-6-13/h2-9H,10H2,1H3. The van der Waals surface area contributed by atoms with Gasteiger partial charge in [0.15, 0.2) is 9.84 Å². The summed E-state index contributed by atoms with van der Waals surface area (Å²) in [5, 5.41) is 1.87. The third kappa shape index (κ3) is 3.25. The minimum Gasteiger partial charge on any atom is -0.330 e. The third-order valence-electron chi connectivity index (χ3n) is 3.45. The van der Waals surface area contributed by atoms with Gasteiger partial charge in [0, 0.05) is 17.5 Å². The van der Waals surface area contributed by atoms with Crippen LogP contribution < -0.4 is 4.90 Å². The number of hydrogen-bond donors (Lipinski definition) is 0. The van der Waals surface area contributed by atoms with Crippen LogP contribution in [0, 0.1) is 11.6 Å². The maximum Gasteiger partial charge on any atom is 0.178 e. The van der Waals surface area contributed by atoms with Gasteiger partial charge in [-0.3, -0.25) is 0 Å². The molecule has 0 aromatic heterocycles. The molecule has 2 aromatic rings. The molecule has 0 amide bonds. The molecule has 0 spiro atoms. The van der Waals surface area contributed by atoms with Crippen molar-refractivity contribution < 1.29 is 17.2 Å². The molecule has 0 atom stereocenters. The number of benzene rings is 2. The number of rotatable bonds is 3. The van der Waals surface area contributed by atoms with Crippen molar-refractivity contribution in [3.63, 3.8) is 0 Å². The van der Waals surface area contributed by atoms with E-state index >= 15 is 0 Å². The average molecular weight is 353 g/mol. The number of nitrogens with zero attached hydrogens (tertiary/aromatic N) is 1. The molecule has 120 valence electrons. The predicted octanol–water partition coefficient (Wildman–Crippen LogP) is 3.88. The molecule has 0 saturated heterocycles. The molecule has 0 saturated carbocycles. The monoisotopic (exact) mass is 353 g/mol. The Morgan fingerprint density at radius 3 is 2.39 bits per heavy atom. The Balaban J connectivity index is 1.97. The van der Waals surface area contributed by atoms with Gasteiger partial charge in [0.25, 0.3) is 0 Å². The zero-order chi connectivity index (χ0) is 16.6. The topological polar surface area (TPSA) is 37.4 Å². The van der Waals surface area contributed by atoms with Gasteiger partial charge in [-0.15, -0.1) is 11.8 Å². The van der Waals surface area contributed by atoms with E-state index in [2.05, 4.69) is 0 Å². The van der Waals surface area contributed by atoms with Gasteiger partial charge < -0.3 is 4.90 Å². The summed E-state index contributed by atoms with van der Waals surface area (Å²) in [5.74, 6) is -0.479. The molecule has 23 heavy (non-hydrogen) atoms. The number of halogens is 2. The molecule has 0 fully saturated rings. The van der Waals surface area contributed by atoms with Gasteiger partial charge in [0.1, 0.15) is 16.5 Å². The van der Waals surface area contributed by atoms with E-state index in [4.69, 9.17) is 0 Å². The first-order valence-corrected chi connectivity index (χ1v) is 9.65. The normalized spacial score (nSPS) is 14.9. The minimum atomic E-state index is -3.60. The second-order valence-electron chi connectivity index (χ2n) is 5.12. The van der Waals surface area contributed by atoms with Gasteiger partial charge >= 0.3 is 0 Å². The van der Waals surface area contributed by atoms with Crippen LogP contribution in [0.25, 0.3) is 5.70 Å². The molecule has 3 rings (SSSR count). The summed E-state index contributed by atoms with van der Waals surface area (Å²) in [7, 11) is -3.60. The maximum atomic E-state index is 14.1. The first-order valence-electron chi connectivity index (χ1n) is 6.71. The molecule has 0 unspecified atom stereocenters. The van der Waals surface area contributed by atoms with E-state index in [1.165, 1.54) is 36.0 Å². The van der Waals surface area contributed by atoms with Crippen molar-refractivity contribution in [1.29, 1.82) is 0 Å². The molecule has 0 N–H and O–H groups in total. The largest absolute Gasteiger partial charge is 0.330 e. The van der Waals surface area contributed by atoms with Crippen molar-refractivity contribution in [2.45, 2.75) is 4.90 Å². The fourth-order valence-electron chi connectivity index (χ4n) is 2.34. The van der Waals surface area contributed by atoms with Crippen molar-refractivity contribution in [1.82, 2.24) is 0 Å².